The van der Waals surface area contributed by atoms with Crippen molar-refractivity contribution in [1.82, 2.24) is 20.1 Å². The minimum absolute atomic E-state index is 0.915. The summed E-state index contributed by atoms with van der Waals surface area (Å²) in [4.78, 5) is 6.81. The maximum absolute atomic E-state index is 4.30. The number of hydrogen-bond donors (Lipinski definition) is 1. The molecular weight excluding hydrogens is 176 g/mol. The number of aromatic nitrogens is 3. The number of piperidine rings is 1. The molecule has 1 N–H and O–H groups in total. The van der Waals surface area contributed by atoms with Gasteiger partial charge in [0.1, 0.15) is 5.82 Å². The van der Waals surface area contributed by atoms with Crippen molar-refractivity contribution < 1.29 is 0 Å². The zero-order valence-corrected chi connectivity index (χ0v) is 8.79. The summed E-state index contributed by atoms with van der Waals surface area (Å²) in [5.41, 5.74) is 0. The second-order valence-electron chi connectivity index (χ2n) is 3.99. The predicted octanol–water partition coefficient (Wildman–Crippen LogP) is 1.14. The van der Waals surface area contributed by atoms with Crippen LogP contribution in [0.1, 0.15) is 30.9 Å². The molecule has 0 unspecified atom stereocenters. The van der Waals surface area contributed by atoms with E-state index in [-0.39, 0.29) is 0 Å². The lowest BCUT2D eigenvalue weighted by atomic mass is 10.1. The van der Waals surface area contributed by atoms with Gasteiger partial charge in [-0.05, 0) is 32.9 Å². The molecule has 1 aliphatic heterocycles. The van der Waals surface area contributed by atoms with Gasteiger partial charge in [-0.15, -0.1) is 0 Å². The summed E-state index contributed by atoms with van der Waals surface area (Å²) in [6.07, 6.45) is 5.08. The first-order valence-electron chi connectivity index (χ1n) is 5.45. The molecule has 0 aliphatic carbocycles. The van der Waals surface area contributed by atoms with Crippen LogP contribution in [0.2, 0.25) is 0 Å². The lowest BCUT2D eigenvalue weighted by molar-refractivity contribution is 0.230. The first kappa shape index (κ1) is 9.65. The zero-order valence-electron chi connectivity index (χ0n) is 8.79. The van der Waals surface area contributed by atoms with Crippen LogP contribution in [0.3, 0.4) is 0 Å². The van der Waals surface area contributed by atoms with Crippen molar-refractivity contribution in [3.05, 3.63) is 11.6 Å². The van der Waals surface area contributed by atoms with Gasteiger partial charge in [0, 0.05) is 13.0 Å². The van der Waals surface area contributed by atoms with Crippen molar-refractivity contribution in [3.8, 4) is 0 Å². The van der Waals surface area contributed by atoms with Crippen molar-refractivity contribution in [2.24, 2.45) is 0 Å². The molecule has 4 heteroatoms. The first-order valence-corrected chi connectivity index (χ1v) is 5.45. The highest BCUT2D eigenvalue weighted by Gasteiger charge is 2.10. The Balaban J connectivity index is 1.76. The average Bonchev–Trinajstić information content (AvgIpc) is 2.63. The number of aryl methyl sites for hydroxylation is 1. The third-order valence-electron chi connectivity index (χ3n) is 2.74. The molecular formula is C10H18N4. The molecule has 1 fully saturated rings. The van der Waals surface area contributed by atoms with E-state index in [4.69, 9.17) is 0 Å². The molecule has 1 aromatic rings. The van der Waals surface area contributed by atoms with E-state index in [2.05, 4.69) is 20.1 Å². The summed E-state index contributed by atoms with van der Waals surface area (Å²) in [5, 5.41) is 7.01. The second kappa shape index (κ2) is 4.55. The Bertz CT molecular complexity index is 275. The fourth-order valence-electron chi connectivity index (χ4n) is 1.94. The number of H-pyrrole nitrogens is 1. The van der Waals surface area contributed by atoms with E-state index >= 15 is 0 Å². The maximum Gasteiger partial charge on any atom is 0.151 e. The summed E-state index contributed by atoms with van der Waals surface area (Å²) in [7, 11) is 0. The van der Waals surface area contributed by atoms with Crippen LogP contribution >= 0.6 is 0 Å². The minimum Gasteiger partial charge on any atom is -0.303 e. The van der Waals surface area contributed by atoms with E-state index in [9.17, 15) is 0 Å². The van der Waals surface area contributed by atoms with Crippen LogP contribution in [-0.2, 0) is 6.42 Å². The molecule has 14 heavy (non-hydrogen) atoms. The summed E-state index contributed by atoms with van der Waals surface area (Å²) >= 11 is 0. The van der Waals surface area contributed by atoms with E-state index in [1.807, 2.05) is 6.92 Å². The number of nitrogens with one attached hydrogen (secondary N) is 1. The zero-order chi connectivity index (χ0) is 9.80. The molecule has 0 saturated carbocycles. The number of hydrogen-bond acceptors (Lipinski definition) is 3. The molecule has 1 aromatic heterocycles. The van der Waals surface area contributed by atoms with Crippen LogP contribution in [0.4, 0.5) is 0 Å². The van der Waals surface area contributed by atoms with Gasteiger partial charge in [0.2, 0.25) is 0 Å². The molecule has 0 atom stereocenters. The van der Waals surface area contributed by atoms with Crippen LogP contribution in [0.25, 0.3) is 0 Å². The Morgan fingerprint density at radius 2 is 2.07 bits per heavy atom. The minimum atomic E-state index is 0.915. The summed E-state index contributed by atoms with van der Waals surface area (Å²) in [5.74, 6) is 1.87. The highest BCUT2D eigenvalue weighted by Crippen LogP contribution is 2.08. The summed E-state index contributed by atoms with van der Waals surface area (Å²) in [6.45, 7) is 5.56. The summed E-state index contributed by atoms with van der Waals surface area (Å²) < 4.78 is 0. The SMILES string of the molecule is Cc1nc(CCN2CCCCC2)n[nH]1. The van der Waals surface area contributed by atoms with Crippen molar-refractivity contribution in [3.63, 3.8) is 0 Å². The number of rotatable bonds is 3. The monoisotopic (exact) mass is 194 g/mol. The Kier molecular flexibility index (Phi) is 3.14. The molecule has 0 radical (unpaired) electrons. The molecule has 0 amide bonds. The Morgan fingerprint density at radius 3 is 2.71 bits per heavy atom. The molecule has 1 aliphatic rings. The smallest absolute Gasteiger partial charge is 0.151 e. The lowest BCUT2D eigenvalue weighted by Crippen LogP contribution is -2.31. The van der Waals surface area contributed by atoms with E-state index in [0.717, 1.165) is 24.6 Å². The molecule has 4 nitrogen and oxygen atoms in total. The van der Waals surface area contributed by atoms with Crippen LogP contribution in [0.5, 0.6) is 0 Å². The number of aromatic amines is 1. The van der Waals surface area contributed by atoms with Gasteiger partial charge in [0.05, 0.1) is 0 Å². The van der Waals surface area contributed by atoms with Gasteiger partial charge in [0.15, 0.2) is 5.82 Å². The van der Waals surface area contributed by atoms with Gasteiger partial charge in [-0.2, -0.15) is 5.10 Å². The summed E-state index contributed by atoms with van der Waals surface area (Å²) in [6, 6.07) is 0. The predicted molar refractivity (Wildman–Crippen MR) is 55.1 cm³/mol. The van der Waals surface area contributed by atoms with Gasteiger partial charge in [0.25, 0.3) is 0 Å². The third kappa shape index (κ3) is 2.54. The quantitative estimate of drug-likeness (QED) is 0.785. The molecule has 0 aromatic carbocycles. The standard InChI is InChI=1S/C10H18N4/c1-9-11-10(13-12-9)5-8-14-6-3-2-4-7-14/h2-8H2,1H3,(H,11,12,13). The molecule has 2 rings (SSSR count). The van der Waals surface area contributed by atoms with Crippen LogP contribution in [0, 0.1) is 6.92 Å². The first-order chi connectivity index (χ1) is 6.84. The van der Waals surface area contributed by atoms with E-state index < -0.39 is 0 Å². The Hall–Kier alpha value is -0.900. The van der Waals surface area contributed by atoms with Crippen LogP contribution in [-0.4, -0.2) is 39.7 Å². The van der Waals surface area contributed by atoms with Crippen molar-refractivity contribution in [2.45, 2.75) is 32.6 Å². The van der Waals surface area contributed by atoms with E-state index in [1.165, 1.54) is 32.4 Å². The largest absolute Gasteiger partial charge is 0.303 e. The number of likely N-dealkylation sites (tertiary alicyclic amines) is 1. The highest BCUT2D eigenvalue weighted by molar-refractivity contribution is 4.88. The second-order valence-corrected chi connectivity index (χ2v) is 3.99. The van der Waals surface area contributed by atoms with Crippen molar-refractivity contribution >= 4 is 0 Å². The average molecular weight is 194 g/mol. The topological polar surface area (TPSA) is 44.8 Å². The Morgan fingerprint density at radius 1 is 1.29 bits per heavy atom. The molecule has 1 saturated heterocycles. The number of nitrogens with zero attached hydrogens (tertiary/aromatic N) is 3. The molecule has 2 heterocycles. The maximum atomic E-state index is 4.30. The van der Waals surface area contributed by atoms with E-state index in [1.54, 1.807) is 0 Å². The fourth-order valence-corrected chi connectivity index (χ4v) is 1.94. The van der Waals surface area contributed by atoms with E-state index in [0.29, 0.717) is 0 Å². The van der Waals surface area contributed by atoms with Crippen LogP contribution < -0.4 is 0 Å². The lowest BCUT2D eigenvalue weighted by Gasteiger charge is -2.25. The van der Waals surface area contributed by atoms with Gasteiger partial charge in [-0.25, -0.2) is 4.98 Å². The van der Waals surface area contributed by atoms with Crippen molar-refractivity contribution in [1.29, 1.82) is 0 Å². The molecule has 0 bridgehead atoms. The van der Waals surface area contributed by atoms with Gasteiger partial charge >= 0.3 is 0 Å². The highest BCUT2D eigenvalue weighted by atomic mass is 15.2. The normalized spacial score (nSPS) is 18.6. The van der Waals surface area contributed by atoms with Crippen LogP contribution in [0.15, 0.2) is 0 Å². The van der Waals surface area contributed by atoms with Crippen molar-refractivity contribution in [2.75, 3.05) is 19.6 Å². The molecule has 0 spiro atoms. The van der Waals surface area contributed by atoms with Gasteiger partial charge < -0.3 is 4.90 Å². The fraction of sp³-hybridized carbons (Fsp3) is 0.800. The molecule has 78 valence electrons. The third-order valence-corrected chi connectivity index (χ3v) is 2.74. The van der Waals surface area contributed by atoms with Gasteiger partial charge in [-0.1, -0.05) is 6.42 Å². The van der Waals surface area contributed by atoms with Gasteiger partial charge in [-0.3, -0.25) is 5.10 Å². The Labute approximate surface area is 84.7 Å².